The highest BCUT2D eigenvalue weighted by molar-refractivity contribution is 8.00. The third-order valence-electron chi connectivity index (χ3n) is 3.68. The van der Waals surface area contributed by atoms with E-state index in [1.807, 2.05) is 12.1 Å². The minimum atomic E-state index is -0.948. The number of amides is 1. The molecule has 0 fully saturated rings. The Morgan fingerprint density at radius 3 is 2.85 bits per heavy atom. The largest absolute Gasteiger partial charge is 0.461 e. The highest BCUT2D eigenvalue weighted by atomic mass is 32.2. The maximum Gasteiger partial charge on any atom is 0.358 e. The first-order chi connectivity index (χ1) is 12.5. The first kappa shape index (κ1) is 18.1. The van der Waals surface area contributed by atoms with Gasteiger partial charge in [-0.2, -0.15) is 0 Å². The third kappa shape index (κ3) is 3.60. The quantitative estimate of drug-likeness (QED) is 0.444. The van der Waals surface area contributed by atoms with E-state index in [2.05, 4.69) is 0 Å². The normalized spacial score (nSPS) is 19.6. The average Bonchev–Trinajstić information content (AvgIpc) is 2.95. The van der Waals surface area contributed by atoms with Crippen LogP contribution in [0.4, 0.5) is 5.69 Å². The molecule has 1 unspecified atom stereocenters. The molecule has 1 atom stereocenters. The Balaban J connectivity index is 1.94. The van der Waals surface area contributed by atoms with Crippen molar-refractivity contribution < 1.29 is 28.6 Å². The number of nitrogens with zero attached hydrogens (tertiary/aromatic N) is 1. The van der Waals surface area contributed by atoms with Crippen molar-refractivity contribution in [2.45, 2.75) is 25.0 Å². The van der Waals surface area contributed by atoms with Gasteiger partial charge in [0.1, 0.15) is 6.26 Å². The number of hydrogen-bond acceptors (Lipinski definition) is 7. The molecule has 0 saturated heterocycles. The van der Waals surface area contributed by atoms with Crippen LogP contribution in [-0.4, -0.2) is 36.5 Å². The summed E-state index contributed by atoms with van der Waals surface area (Å²) >= 11 is 1.40. The van der Waals surface area contributed by atoms with Crippen LogP contribution in [0.2, 0.25) is 0 Å². The molecule has 26 heavy (non-hydrogen) atoms. The fourth-order valence-electron chi connectivity index (χ4n) is 2.47. The monoisotopic (exact) mass is 375 g/mol. The summed E-state index contributed by atoms with van der Waals surface area (Å²) in [6.07, 6.45) is 1.65. The van der Waals surface area contributed by atoms with Crippen molar-refractivity contribution in [2.24, 2.45) is 0 Å². The van der Waals surface area contributed by atoms with Crippen LogP contribution in [0.25, 0.3) is 0 Å². The van der Waals surface area contributed by atoms with E-state index in [9.17, 15) is 14.4 Å². The van der Waals surface area contributed by atoms with Crippen LogP contribution in [-0.2, 0) is 28.6 Å². The van der Waals surface area contributed by atoms with Gasteiger partial charge in [-0.1, -0.05) is 12.1 Å². The fourth-order valence-corrected chi connectivity index (χ4v) is 3.36. The van der Waals surface area contributed by atoms with Crippen molar-refractivity contribution in [2.75, 3.05) is 17.3 Å². The van der Waals surface area contributed by atoms with Gasteiger partial charge in [0, 0.05) is 16.5 Å². The van der Waals surface area contributed by atoms with Crippen molar-refractivity contribution in [3.05, 3.63) is 47.9 Å². The molecule has 0 aliphatic carbocycles. The van der Waals surface area contributed by atoms with E-state index < -0.39 is 18.2 Å². The summed E-state index contributed by atoms with van der Waals surface area (Å²) in [6.45, 7) is 3.42. The van der Waals surface area contributed by atoms with E-state index >= 15 is 0 Å². The lowest BCUT2D eigenvalue weighted by Crippen LogP contribution is -2.38. The van der Waals surface area contributed by atoms with Gasteiger partial charge >= 0.3 is 11.9 Å². The molecule has 136 valence electrons. The molecule has 1 aromatic rings. The van der Waals surface area contributed by atoms with Crippen molar-refractivity contribution in [3.8, 4) is 0 Å². The van der Waals surface area contributed by atoms with Gasteiger partial charge in [0.2, 0.25) is 5.91 Å². The number of anilines is 1. The number of fused-ring (bicyclic) bond motifs is 1. The number of carbonyl (C=O) groups is 3. The SMILES string of the molecule is CCOC(=O)/C(=C/OC1C=C(C)C(=O)O1)N1C(=O)CSc2ccccc21. The molecular formula is C18H17NO6S. The Bertz CT molecular complexity index is 816. The van der Waals surface area contributed by atoms with Crippen LogP contribution < -0.4 is 4.90 Å². The minimum Gasteiger partial charge on any atom is -0.461 e. The van der Waals surface area contributed by atoms with E-state index in [1.165, 1.54) is 22.7 Å². The molecule has 1 amide bonds. The Kier molecular flexibility index (Phi) is 5.32. The van der Waals surface area contributed by atoms with Gasteiger partial charge < -0.3 is 14.2 Å². The number of para-hydroxylation sites is 1. The van der Waals surface area contributed by atoms with Gasteiger partial charge in [-0.3, -0.25) is 9.69 Å². The Labute approximate surface area is 154 Å². The lowest BCUT2D eigenvalue weighted by atomic mass is 10.2. The molecule has 2 heterocycles. The number of hydrogen-bond donors (Lipinski definition) is 0. The molecule has 8 heteroatoms. The Morgan fingerprint density at radius 1 is 1.38 bits per heavy atom. The van der Waals surface area contributed by atoms with Gasteiger partial charge in [0.25, 0.3) is 6.29 Å². The molecule has 1 aromatic carbocycles. The van der Waals surface area contributed by atoms with Gasteiger partial charge in [-0.15, -0.1) is 11.8 Å². The standard InChI is InChI=1S/C18H17NO6S/c1-3-23-18(22)13(9-24-16-8-11(2)17(21)25-16)19-12-6-4-5-7-14(12)26-10-15(19)20/h4-9,16H,3,10H2,1-2H3/b13-9-. The second kappa shape index (κ2) is 7.65. The maximum absolute atomic E-state index is 12.5. The highest BCUT2D eigenvalue weighted by Gasteiger charge is 2.33. The minimum absolute atomic E-state index is 0.0707. The smallest absolute Gasteiger partial charge is 0.358 e. The maximum atomic E-state index is 12.5. The van der Waals surface area contributed by atoms with E-state index in [1.54, 1.807) is 26.0 Å². The molecule has 0 spiro atoms. The zero-order valence-corrected chi connectivity index (χ0v) is 15.1. The van der Waals surface area contributed by atoms with Crippen molar-refractivity contribution >= 4 is 35.3 Å². The lowest BCUT2D eigenvalue weighted by molar-refractivity contribution is -0.152. The summed E-state index contributed by atoms with van der Waals surface area (Å²) in [5.41, 5.74) is 0.919. The number of cyclic esters (lactones) is 1. The predicted molar refractivity (Wildman–Crippen MR) is 94.1 cm³/mol. The lowest BCUT2D eigenvalue weighted by Gasteiger charge is -2.29. The zero-order chi connectivity index (χ0) is 18.7. The van der Waals surface area contributed by atoms with Crippen LogP contribution in [0.15, 0.2) is 52.8 Å². The van der Waals surface area contributed by atoms with Gasteiger partial charge in [-0.05, 0) is 26.0 Å². The first-order valence-corrected chi connectivity index (χ1v) is 8.96. The number of rotatable bonds is 5. The Morgan fingerprint density at radius 2 is 2.15 bits per heavy atom. The second-order valence-electron chi connectivity index (χ2n) is 5.47. The van der Waals surface area contributed by atoms with Crippen molar-refractivity contribution in [1.82, 2.24) is 0 Å². The van der Waals surface area contributed by atoms with Gasteiger partial charge in [0.05, 0.1) is 18.0 Å². The van der Waals surface area contributed by atoms with Crippen LogP contribution in [0, 0.1) is 0 Å². The summed E-state index contributed by atoms with van der Waals surface area (Å²) in [5.74, 6) is -1.28. The van der Waals surface area contributed by atoms with Crippen LogP contribution in [0.1, 0.15) is 13.8 Å². The van der Waals surface area contributed by atoms with Crippen LogP contribution in [0.3, 0.4) is 0 Å². The molecule has 3 rings (SSSR count). The molecular weight excluding hydrogens is 358 g/mol. The molecule has 0 N–H and O–H groups in total. The molecule has 0 radical (unpaired) electrons. The first-order valence-electron chi connectivity index (χ1n) is 7.98. The van der Waals surface area contributed by atoms with E-state index in [4.69, 9.17) is 14.2 Å². The number of thioether (sulfide) groups is 1. The molecule has 7 nitrogen and oxygen atoms in total. The number of carbonyl (C=O) groups excluding carboxylic acids is 3. The number of benzene rings is 1. The zero-order valence-electron chi connectivity index (χ0n) is 14.3. The molecule has 0 bridgehead atoms. The highest BCUT2D eigenvalue weighted by Crippen LogP contribution is 2.37. The molecule has 2 aliphatic rings. The van der Waals surface area contributed by atoms with E-state index in [-0.39, 0.29) is 24.0 Å². The predicted octanol–water partition coefficient (Wildman–Crippen LogP) is 2.38. The molecule has 0 saturated carbocycles. The van der Waals surface area contributed by atoms with Gasteiger partial charge in [-0.25, -0.2) is 9.59 Å². The molecule has 0 aromatic heterocycles. The van der Waals surface area contributed by atoms with Crippen molar-refractivity contribution in [3.63, 3.8) is 0 Å². The number of esters is 2. The topological polar surface area (TPSA) is 82.1 Å². The van der Waals surface area contributed by atoms with Crippen molar-refractivity contribution in [1.29, 1.82) is 0 Å². The summed E-state index contributed by atoms with van der Waals surface area (Å²) in [7, 11) is 0. The summed E-state index contributed by atoms with van der Waals surface area (Å²) in [5, 5.41) is 0. The molecule has 2 aliphatic heterocycles. The summed E-state index contributed by atoms with van der Waals surface area (Å²) in [4.78, 5) is 38.5. The average molecular weight is 375 g/mol. The Hall–Kier alpha value is -2.74. The van der Waals surface area contributed by atoms with E-state index in [0.29, 0.717) is 11.3 Å². The summed E-state index contributed by atoms with van der Waals surface area (Å²) in [6, 6.07) is 7.25. The van der Waals surface area contributed by atoms with Crippen LogP contribution in [0.5, 0.6) is 0 Å². The van der Waals surface area contributed by atoms with Crippen LogP contribution >= 0.6 is 11.8 Å². The van der Waals surface area contributed by atoms with Gasteiger partial charge in [0.15, 0.2) is 5.70 Å². The van der Waals surface area contributed by atoms with E-state index in [0.717, 1.165) is 11.2 Å². The third-order valence-corrected chi connectivity index (χ3v) is 4.72. The summed E-state index contributed by atoms with van der Waals surface area (Å²) < 4.78 is 15.5. The second-order valence-corrected chi connectivity index (χ2v) is 6.49. The fraction of sp³-hybridized carbons (Fsp3) is 0.278. The number of ether oxygens (including phenoxy) is 3.